The number of methoxy groups -OCH3 is 2. The van der Waals surface area contributed by atoms with Gasteiger partial charge in [-0.15, -0.1) is 0 Å². The molecule has 0 aliphatic carbocycles. The van der Waals surface area contributed by atoms with Crippen molar-refractivity contribution < 1.29 is 33.3 Å². The highest BCUT2D eigenvalue weighted by molar-refractivity contribution is 6.00. The molecule has 12 nitrogen and oxygen atoms in total. The zero-order chi connectivity index (χ0) is 38.9. The number of piperidine rings is 1. The van der Waals surface area contributed by atoms with Crippen LogP contribution < -0.4 is 24.0 Å². The molecule has 2 amide bonds. The fourth-order valence-electron chi connectivity index (χ4n) is 7.77. The Kier molecular flexibility index (Phi) is 10.6. The summed E-state index contributed by atoms with van der Waals surface area (Å²) in [5, 5.41) is 0. The minimum Gasteiger partial charge on any atom is -0.497 e. The van der Waals surface area contributed by atoms with E-state index in [1.807, 2.05) is 89.5 Å². The second kappa shape index (κ2) is 15.4. The highest BCUT2D eigenvalue weighted by atomic mass is 16.6. The van der Waals surface area contributed by atoms with Crippen LogP contribution in [0.1, 0.15) is 39.2 Å². The van der Waals surface area contributed by atoms with E-state index < -0.39 is 17.3 Å². The summed E-state index contributed by atoms with van der Waals surface area (Å²) in [7, 11) is 5.34. The number of hydrogen-bond acceptors (Lipinski definition) is 10. The number of aromatic nitrogens is 1. The van der Waals surface area contributed by atoms with Crippen molar-refractivity contribution in [2.75, 3.05) is 70.4 Å². The molecule has 4 aromatic rings. The molecule has 12 heteroatoms. The molecular weight excluding hydrogens is 699 g/mol. The molecule has 7 rings (SSSR count). The first-order chi connectivity index (χ1) is 26.4. The Labute approximate surface area is 323 Å². The minimum absolute atomic E-state index is 0.114. The van der Waals surface area contributed by atoms with Crippen molar-refractivity contribution in [3.8, 4) is 28.5 Å². The van der Waals surface area contributed by atoms with Crippen molar-refractivity contribution in [3.05, 3.63) is 84.6 Å². The molecule has 3 aliphatic heterocycles. The van der Waals surface area contributed by atoms with Gasteiger partial charge in [0, 0.05) is 55.0 Å². The van der Waals surface area contributed by atoms with E-state index in [-0.39, 0.29) is 12.0 Å². The number of fused-ring (bicyclic) bond motifs is 1. The fraction of sp³-hybridized carbons (Fsp3) is 0.419. The van der Waals surface area contributed by atoms with Gasteiger partial charge in [-0.25, -0.2) is 9.78 Å². The van der Waals surface area contributed by atoms with E-state index in [1.165, 1.54) is 0 Å². The average Bonchev–Trinajstić information content (AvgIpc) is 3.18. The van der Waals surface area contributed by atoms with E-state index in [0.717, 1.165) is 45.3 Å². The molecule has 1 aromatic heterocycles. The standard InChI is InChI=1S/C43H51N5O7/c1-29-36(30-8-10-31(11-9-30)48(32-12-16-34(51-6)17-13-32)33-14-18-35(52-7)19-15-33)26-44-39-38(29)47(24-25-53-39)40(49)37-27-45(5)28-43(54-37)20-22-46(23-21-43)41(50)55-42(2,3)4/h8-19,26,37H,20-25,27-28H2,1-7H3. The fourth-order valence-corrected chi connectivity index (χ4v) is 7.77. The number of carbonyl (C=O) groups excluding carboxylic acids is 2. The Morgan fingerprint density at radius 3 is 1.96 bits per heavy atom. The molecule has 2 saturated heterocycles. The van der Waals surface area contributed by atoms with Crippen LogP contribution in [0.3, 0.4) is 0 Å². The monoisotopic (exact) mass is 749 g/mol. The molecule has 4 heterocycles. The molecule has 290 valence electrons. The number of ether oxygens (including phenoxy) is 5. The van der Waals surface area contributed by atoms with Crippen LogP contribution in [0.5, 0.6) is 17.4 Å². The summed E-state index contributed by atoms with van der Waals surface area (Å²) in [5.74, 6) is 1.88. The first kappa shape index (κ1) is 38.0. The molecule has 0 N–H and O–H groups in total. The molecule has 0 saturated carbocycles. The summed E-state index contributed by atoms with van der Waals surface area (Å²) in [6, 6.07) is 24.2. The number of amides is 2. The number of hydrogen-bond donors (Lipinski definition) is 0. The summed E-state index contributed by atoms with van der Waals surface area (Å²) >= 11 is 0. The van der Waals surface area contributed by atoms with E-state index in [0.29, 0.717) is 63.7 Å². The zero-order valence-corrected chi connectivity index (χ0v) is 32.8. The van der Waals surface area contributed by atoms with Crippen LogP contribution in [0.4, 0.5) is 27.5 Å². The number of rotatable bonds is 7. The third kappa shape index (κ3) is 8.06. The maximum atomic E-state index is 14.5. The van der Waals surface area contributed by atoms with Gasteiger partial charge in [0.25, 0.3) is 5.91 Å². The molecule has 55 heavy (non-hydrogen) atoms. The number of carbonyl (C=O) groups is 2. The van der Waals surface area contributed by atoms with Crippen molar-refractivity contribution in [2.45, 2.75) is 57.8 Å². The molecule has 1 atom stereocenters. The molecular formula is C43H51N5O7. The van der Waals surface area contributed by atoms with E-state index in [2.05, 4.69) is 34.1 Å². The lowest BCUT2D eigenvalue weighted by Gasteiger charge is -2.49. The van der Waals surface area contributed by atoms with Crippen LogP contribution in [0, 0.1) is 6.92 Å². The van der Waals surface area contributed by atoms with E-state index in [9.17, 15) is 9.59 Å². The number of pyridine rings is 1. The average molecular weight is 750 g/mol. The Hall–Kier alpha value is -5.33. The summed E-state index contributed by atoms with van der Waals surface area (Å²) in [6.45, 7) is 10.5. The Bertz CT molecular complexity index is 1940. The summed E-state index contributed by atoms with van der Waals surface area (Å²) in [5.41, 5.74) is 5.25. The van der Waals surface area contributed by atoms with Crippen LogP contribution in [0.2, 0.25) is 0 Å². The quantitative estimate of drug-likeness (QED) is 0.190. The van der Waals surface area contributed by atoms with Crippen molar-refractivity contribution >= 4 is 34.7 Å². The van der Waals surface area contributed by atoms with Gasteiger partial charge in [0.2, 0.25) is 5.88 Å². The lowest BCUT2D eigenvalue weighted by Crippen LogP contribution is -2.62. The number of benzene rings is 3. The van der Waals surface area contributed by atoms with Crippen LogP contribution in [0.25, 0.3) is 11.1 Å². The number of anilines is 4. The first-order valence-corrected chi connectivity index (χ1v) is 18.8. The van der Waals surface area contributed by atoms with Gasteiger partial charge in [0.1, 0.15) is 35.5 Å². The molecule has 0 bridgehead atoms. The van der Waals surface area contributed by atoms with E-state index >= 15 is 0 Å². The molecule has 1 unspecified atom stereocenters. The van der Waals surface area contributed by atoms with Crippen LogP contribution in [-0.2, 0) is 14.3 Å². The highest BCUT2D eigenvalue weighted by Crippen LogP contribution is 2.42. The topological polar surface area (TPSA) is 106 Å². The van der Waals surface area contributed by atoms with Gasteiger partial charge >= 0.3 is 6.09 Å². The van der Waals surface area contributed by atoms with Gasteiger partial charge in [0.15, 0.2) is 0 Å². The maximum Gasteiger partial charge on any atom is 0.410 e. The van der Waals surface area contributed by atoms with Crippen molar-refractivity contribution in [2.24, 2.45) is 0 Å². The van der Waals surface area contributed by atoms with Crippen molar-refractivity contribution in [1.82, 2.24) is 14.8 Å². The zero-order valence-electron chi connectivity index (χ0n) is 32.8. The summed E-state index contributed by atoms with van der Waals surface area (Å²) in [4.78, 5) is 39.8. The number of morpholine rings is 1. The van der Waals surface area contributed by atoms with Gasteiger partial charge < -0.3 is 43.3 Å². The lowest BCUT2D eigenvalue weighted by atomic mass is 9.88. The molecule has 3 aromatic carbocycles. The van der Waals surface area contributed by atoms with Gasteiger partial charge in [-0.3, -0.25) is 4.79 Å². The van der Waals surface area contributed by atoms with Crippen molar-refractivity contribution in [3.63, 3.8) is 0 Å². The predicted octanol–water partition coefficient (Wildman–Crippen LogP) is 7.37. The Morgan fingerprint density at radius 2 is 1.42 bits per heavy atom. The van der Waals surface area contributed by atoms with Gasteiger partial charge in [-0.05, 0) is 119 Å². The maximum absolute atomic E-state index is 14.5. The van der Waals surface area contributed by atoms with Crippen LogP contribution in [-0.4, -0.2) is 105 Å². The van der Waals surface area contributed by atoms with Crippen LogP contribution in [0.15, 0.2) is 79.0 Å². The molecule has 2 fully saturated rings. The summed E-state index contributed by atoms with van der Waals surface area (Å²) in [6.07, 6.45) is 2.07. The number of likely N-dealkylation sites (N-methyl/N-ethyl adjacent to an activating group) is 1. The first-order valence-electron chi connectivity index (χ1n) is 18.8. The third-order valence-electron chi connectivity index (χ3n) is 10.5. The highest BCUT2D eigenvalue weighted by Gasteiger charge is 2.47. The second-order valence-corrected chi connectivity index (χ2v) is 15.5. The Morgan fingerprint density at radius 1 is 0.855 bits per heavy atom. The summed E-state index contributed by atoms with van der Waals surface area (Å²) < 4.78 is 29.2. The van der Waals surface area contributed by atoms with Crippen LogP contribution >= 0.6 is 0 Å². The molecule has 3 aliphatic rings. The van der Waals surface area contributed by atoms with E-state index in [1.54, 1.807) is 24.0 Å². The normalized spacial score (nSPS) is 18.3. The van der Waals surface area contributed by atoms with Gasteiger partial charge in [-0.2, -0.15) is 0 Å². The van der Waals surface area contributed by atoms with E-state index in [4.69, 9.17) is 28.7 Å². The third-order valence-corrected chi connectivity index (χ3v) is 10.5. The van der Waals surface area contributed by atoms with Gasteiger partial charge in [0.05, 0.1) is 26.4 Å². The minimum atomic E-state index is -0.679. The predicted molar refractivity (Wildman–Crippen MR) is 212 cm³/mol. The largest absolute Gasteiger partial charge is 0.497 e. The lowest BCUT2D eigenvalue weighted by molar-refractivity contribution is -0.179. The molecule has 0 radical (unpaired) electrons. The molecule has 1 spiro atoms. The van der Waals surface area contributed by atoms with Crippen molar-refractivity contribution in [1.29, 1.82) is 0 Å². The smallest absolute Gasteiger partial charge is 0.410 e. The van der Waals surface area contributed by atoms with Gasteiger partial charge in [-0.1, -0.05) is 12.1 Å². The number of nitrogens with zero attached hydrogens (tertiary/aromatic N) is 5. The second-order valence-electron chi connectivity index (χ2n) is 15.5. The number of likely N-dealkylation sites (tertiary alicyclic amines) is 1. The Balaban J connectivity index is 1.13. The SMILES string of the molecule is COc1ccc(N(c2ccc(OC)cc2)c2ccc(-c3cnc4c(c3C)N(C(=O)C3CN(C)CC5(CCN(C(=O)OC(C)(C)C)CC5)O3)CCO4)cc2)cc1.